The molecular formula is C15H20ClF3N2O2S. The van der Waals surface area contributed by atoms with E-state index in [4.69, 9.17) is 4.74 Å². The molecule has 1 saturated heterocycles. The van der Waals surface area contributed by atoms with Gasteiger partial charge in [-0.1, -0.05) is 0 Å². The number of hydrogen-bond acceptors (Lipinski definition) is 4. The first kappa shape index (κ1) is 20.9. The van der Waals surface area contributed by atoms with Crippen LogP contribution in [0.4, 0.5) is 18.9 Å². The van der Waals surface area contributed by atoms with E-state index in [-0.39, 0.29) is 30.1 Å². The third kappa shape index (κ3) is 7.19. The number of amides is 1. The van der Waals surface area contributed by atoms with Gasteiger partial charge >= 0.3 is 6.18 Å². The first-order chi connectivity index (χ1) is 10.8. The van der Waals surface area contributed by atoms with Gasteiger partial charge in [0, 0.05) is 36.2 Å². The number of aryl methyl sites for hydroxylation is 1. The number of benzene rings is 1. The number of halogens is 4. The monoisotopic (exact) mass is 384 g/mol. The molecule has 136 valence electrons. The van der Waals surface area contributed by atoms with Crippen molar-refractivity contribution >= 4 is 35.8 Å². The molecule has 0 saturated carbocycles. The summed E-state index contributed by atoms with van der Waals surface area (Å²) in [6.07, 6.45) is -4.00. The summed E-state index contributed by atoms with van der Waals surface area (Å²) < 4.78 is 41.2. The maximum atomic E-state index is 12.2. The van der Waals surface area contributed by atoms with Gasteiger partial charge in [-0.2, -0.15) is 24.9 Å². The number of rotatable bonds is 5. The van der Waals surface area contributed by atoms with Gasteiger partial charge in [0.2, 0.25) is 5.91 Å². The van der Waals surface area contributed by atoms with Crippen molar-refractivity contribution < 1.29 is 22.7 Å². The van der Waals surface area contributed by atoms with Crippen LogP contribution in [-0.2, 0) is 4.79 Å². The zero-order chi connectivity index (χ0) is 16.9. The van der Waals surface area contributed by atoms with Crippen LogP contribution in [0.15, 0.2) is 18.2 Å². The minimum Gasteiger partial charge on any atom is -0.484 e. The van der Waals surface area contributed by atoms with Gasteiger partial charge < -0.3 is 15.4 Å². The molecule has 2 N–H and O–H groups in total. The van der Waals surface area contributed by atoms with Gasteiger partial charge in [-0.25, -0.2) is 0 Å². The van der Waals surface area contributed by atoms with Crippen LogP contribution in [0.1, 0.15) is 12.0 Å². The Morgan fingerprint density at radius 3 is 2.79 bits per heavy atom. The van der Waals surface area contributed by atoms with Crippen LogP contribution in [0.3, 0.4) is 0 Å². The maximum Gasteiger partial charge on any atom is 0.422 e. The Morgan fingerprint density at radius 1 is 1.46 bits per heavy atom. The van der Waals surface area contributed by atoms with Gasteiger partial charge in [0.25, 0.3) is 0 Å². The summed E-state index contributed by atoms with van der Waals surface area (Å²) in [5, 5.41) is 6.04. The summed E-state index contributed by atoms with van der Waals surface area (Å²) in [7, 11) is 0. The van der Waals surface area contributed by atoms with Gasteiger partial charge in [-0.3, -0.25) is 4.79 Å². The molecule has 0 bridgehead atoms. The molecule has 1 aliphatic heterocycles. The molecule has 0 aliphatic carbocycles. The van der Waals surface area contributed by atoms with Gasteiger partial charge in [0.1, 0.15) is 5.75 Å². The molecule has 1 aromatic rings. The van der Waals surface area contributed by atoms with Crippen LogP contribution in [0.5, 0.6) is 5.75 Å². The van der Waals surface area contributed by atoms with Crippen LogP contribution >= 0.6 is 24.2 Å². The molecular weight excluding hydrogens is 365 g/mol. The standard InChI is InChI=1S/C15H19F3N2O2S.ClH/c1-10-6-11(2-3-13(10)22-9-15(16,17)18)20-14(21)7-12-8-23-5-4-19-12;/h2-3,6,12,19H,4-5,7-9H2,1H3,(H,20,21);1H. The Kier molecular flexibility index (Phi) is 8.18. The largest absolute Gasteiger partial charge is 0.484 e. The molecule has 0 spiro atoms. The lowest BCUT2D eigenvalue weighted by Crippen LogP contribution is -2.39. The Morgan fingerprint density at radius 2 is 2.21 bits per heavy atom. The molecule has 0 aromatic heterocycles. The highest BCUT2D eigenvalue weighted by atomic mass is 35.5. The lowest BCUT2D eigenvalue weighted by atomic mass is 10.2. The Labute approximate surface area is 149 Å². The van der Waals surface area contributed by atoms with Crippen molar-refractivity contribution in [3.8, 4) is 5.75 Å². The quantitative estimate of drug-likeness (QED) is 0.817. The Bertz CT molecular complexity index is 552. The zero-order valence-corrected chi connectivity index (χ0v) is 14.7. The number of ether oxygens (including phenoxy) is 1. The van der Waals surface area contributed by atoms with Crippen molar-refractivity contribution in [2.45, 2.75) is 25.6 Å². The molecule has 24 heavy (non-hydrogen) atoms. The number of nitrogens with one attached hydrogen (secondary N) is 2. The van der Waals surface area contributed by atoms with Crippen molar-refractivity contribution in [3.63, 3.8) is 0 Å². The molecule has 1 aliphatic rings. The minimum absolute atomic E-state index is 0. The second-order valence-electron chi connectivity index (χ2n) is 5.36. The average Bonchev–Trinajstić information content (AvgIpc) is 2.46. The molecule has 1 heterocycles. The van der Waals surface area contributed by atoms with E-state index in [1.165, 1.54) is 6.07 Å². The second-order valence-corrected chi connectivity index (χ2v) is 6.51. The summed E-state index contributed by atoms with van der Waals surface area (Å²) in [5.41, 5.74) is 1.09. The maximum absolute atomic E-state index is 12.2. The number of anilines is 1. The van der Waals surface area contributed by atoms with Crippen molar-refractivity contribution in [1.29, 1.82) is 0 Å². The predicted molar refractivity (Wildman–Crippen MR) is 92.3 cm³/mol. The molecule has 1 atom stereocenters. The summed E-state index contributed by atoms with van der Waals surface area (Å²) >= 11 is 1.81. The first-order valence-corrected chi connectivity index (χ1v) is 8.40. The Balaban J connectivity index is 0.00000288. The zero-order valence-electron chi connectivity index (χ0n) is 13.1. The van der Waals surface area contributed by atoms with E-state index in [1.807, 2.05) is 11.8 Å². The van der Waals surface area contributed by atoms with Crippen molar-refractivity contribution in [1.82, 2.24) is 5.32 Å². The van der Waals surface area contributed by atoms with Gasteiger partial charge in [0.05, 0.1) is 0 Å². The predicted octanol–water partition coefficient (Wildman–Crippen LogP) is 3.39. The SMILES string of the molecule is Cc1cc(NC(=O)CC2CSCCN2)ccc1OCC(F)(F)F.Cl. The summed E-state index contributed by atoms with van der Waals surface area (Å²) in [6, 6.07) is 4.74. The number of thioether (sulfide) groups is 1. The molecule has 2 rings (SSSR count). The number of carbonyl (C=O) groups excluding carboxylic acids is 1. The van der Waals surface area contributed by atoms with E-state index in [9.17, 15) is 18.0 Å². The normalized spacial score (nSPS) is 17.8. The highest BCUT2D eigenvalue weighted by Crippen LogP contribution is 2.24. The van der Waals surface area contributed by atoms with E-state index in [2.05, 4.69) is 10.6 Å². The second kappa shape index (κ2) is 9.39. The highest BCUT2D eigenvalue weighted by molar-refractivity contribution is 7.99. The van der Waals surface area contributed by atoms with Crippen LogP contribution in [0.25, 0.3) is 0 Å². The van der Waals surface area contributed by atoms with Crippen LogP contribution in [0, 0.1) is 6.92 Å². The van der Waals surface area contributed by atoms with Gasteiger partial charge in [-0.15, -0.1) is 12.4 Å². The Hall–Kier alpha value is -1.12. The third-order valence-electron chi connectivity index (χ3n) is 3.28. The smallest absolute Gasteiger partial charge is 0.422 e. The molecule has 4 nitrogen and oxygen atoms in total. The van der Waals surface area contributed by atoms with E-state index in [0.717, 1.165) is 18.1 Å². The minimum atomic E-state index is -4.37. The van der Waals surface area contributed by atoms with E-state index < -0.39 is 12.8 Å². The van der Waals surface area contributed by atoms with Gasteiger partial charge in [0.15, 0.2) is 6.61 Å². The lowest BCUT2D eigenvalue weighted by molar-refractivity contribution is -0.153. The third-order valence-corrected chi connectivity index (χ3v) is 4.41. The topological polar surface area (TPSA) is 50.4 Å². The van der Waals surface area contributed by atoms with Crippen LogP contribution < -0.4 is 15.4 Å². The molecule has 9 heteroatoms. The molecule has 1 aromatic carbocycles. The molecule has 1 amide bonds. The van der Waals surface area contributed by atoms with Crippen LogP contribution in [-0.4, -0.2) is 42.8 Å². The fourth-order valence-corrected chi connectivity index (χ4v) is 3.18. The van der Waals surface area contributed by atoms with E-state index in [1.54, 1.807) is 19.1 Å². The van der Waals surface area contributed by atoms with E-state index in [0.29, 0.717) is 17.7 Å². The number of alkyl halides is 3. The summed E-state index contributed by atoms with van der Waals surface area (Å²) in [5.74, 6) is 1.99. The number of hydrogen-bond donors (Lipinski definition) is 2. The van der Waals surface area contributed by atoms with Crippen molar-refractivity contribution in [3.05, 3.63) is 23.8 Å². The summed E-state index contributed by atoms with van der Waals surface area (Å²) in [6.45, 7) is 1.21. The molecule has 1 unspecified atom stereocenters. The van der Waals surface area contributed by atoms with Gasteiger partial charge in [-0.05, 0) is 30.7 Å². The van der Waals surface area contributed by atoms with E-state index >= 15 is 0 Å². The van der Waals surface area contributed by atoms with Crippen molar-refractivity contribution in [2.75, 3.05) is 30.0 Å². The fourth-order valence-electron chi connectivity index (χ4n) is 2.24. The first-order valence-electron chi connectivity index (χ1n) is 7.25. The average molecular weight is 385 g/mol. The lowest BCUT2D eigenvalue weighted by Gasteiger charge is -2.22. The number of carbonyl (C=O) groups is 1. The molecule has 1 fully saturated rings. The summed E-state index contributed by atoms with van der Waals surface area (Å²) in [4.78, 5) is 12.0. The highest BCUT2D eigenvalue weighted by Gasteiger charge is 2.28. The molecule has 0 radical (unpaired) electrons. The van der Waals surface area contributed by atoms with Crippen molar-refractivity contribution in [2.24, 2.45) is 0 Å². The fraction of sp³-hybridized carbons (Fsp3) is 0.533. The van der Waals surface area contributed by atoms with Crippen LogP contribution in [0.2, 0.25) is 0 Å².